The van der Waals surface area contributed by atoms with E-state index in [9.17, 15) is 18.0 Å². The van der Waals surface area contributed by atoms with E-state index < -0.39 is 17.5 Å². The molecule has 0 N–H and O–H groups in total. The molecule has 110 valence electrons. The Labute approximate surface area is 129 Å². The van der Waals surface area contributed by atoms with Crippen molar-refractivity contribution in [1.29, 1.82) is 0 Å². The average molecular weight is 333 g/mol. The van der Waals surface area contributed by atoms with Crippen molar-refractivity contribution < 1.29 is 18.0 Å². The maximum Gasteiger partial charge on any atom is 0.417 e. The summed E-state index contributed by atoms with van der Waals surface area (Å²) in [5.74, 6) is -0.660. The average Bonchev–Trinajstić information content (AvgIpc) is 2.42. The first-order valence-electron chi connectivity index (χ1n) is 5.92. The van der Waals surface area contributed by atoms with Crippen molar-refractivity contribution in [2.24, 2.45) is 0 Å². The van der Waals surface area contributed by atoms with Crippen LogP contribution >= 0.6 is 23.2 Å². The van der Waals surface area contributed by atoms with Crippen LogP contribution in [0.5, 0.6) is 0 Å². The first kappa shape index (κ1) is 15.9. The molecule has 6 heteroatoms. The van der Waals surface area contributed by atoms with Crippen LogP contribution in [-0.2, 0) is 12.6 Å². The molecule has 0 aromatic heterocycles. The summed E-state index contributed by atoms with van der Waals surface area (Å²) >= 11 is 11.7. The molecule has 0 bridgehead atoms. The van der Waals surface area contributed by atoms with E-state index in [1.807, 2.05) is 0 Å². The molecule has 0 fully saturated rings. The van der Waals surface area contributed by atoms with Crippen LogP contribution in [0.25, 0.3) is 0 Å². The minimum absolute atomic E-state index is 0.244. The van der Waals surface area contributed by atoms with Crippen molar-refractivity contribution in [3.05, 3.63) is 69.2 Å². The third kappa shape index (κ3) is 3.77. The van der Waals surface area contributed by atoms with Gasteiger partial charge in [0.1, 0.15) is 0 Å². The lowest BCUT2D eigenvalue weighted by molar-refractivity contribution is -0.137. The lowest BCUT2D eigenvalue weighted by Gasteiger charge is -2.12. The summed E-state index contributed by atoms with van der Waals surface area (Å²) < 4.78 is 38.7. The molecule has 0 aliphatic heterocycles. The van der Waals surface area contributed by atoms with Crippen molar-refractivity contribution >= 4 is 29.0 Å². The van der Waals surface area contributed by atoms with E-state index in [-0.39, 0.29) is 17.0 Å². The quantitative estimate of drug-likeness (QED) is 0.684. The zero-order chi connectivity index (χ0) is 15.6. The molecule has 0 saturated carbocycles. The molecule has 2 rings (SSSR count). The Balaban J connectivity index is 2.36. The minimum Gasteiger partial charge on any atom is -0.294 e. The number of halogens is 5. The predicted molar refractivity (Wildman–Crippen MR) is 75.9 cm³/mol. The highest BCUT2D eigenvalue weighted by molar-refractivity contribution is 6.33. The Bertz CT molecular complexity index is 681. The lowest BCUT2D eigenvalue weighted by Crippen LogP contribution is -2.14. The predicted octanol–water partition coefficient (Wildman–Crippen LogP) is 5.44. The van der Waals surface area contributed by atoms with Crippen LogP contribution < -0.4 is 0 Å². The van der Waals surface area contributed by atoms with Crippen molar-refractivity contribution in [3.63, 3.8) is 0 Å². The van der Waals surface area contributed by atoms with Crippen molar-refractivity contribution in [2.75, 3.05) is 0 Å². The fourth-order valence-electron chi connectivity index (χ4n) is 1.92. The van der Waals surface area contributed by atoms with Crippen LogP contribution in [0.15, 0.2) is 42.5 Å². The summed E-state index contributed by atoms with van der Waals surface area (Å²) in [6.07, 6.45) is -4.82. The Hall–Kier alpha value is -1.52. The number of carbonyl (C=O) groups is 1. The second kappa shape index (κ2) is 6.08. The third-order valence-corrected chi connectivity index (χ3v) is 3.50. The van der Waals surface area contributed by atoms with Gasteiger partial charge >= 0.3 is 6.18 Å². The minimum atomic E-state index is -4.58. The molecule has 0 radical (unpaired) electrons. The number of rotatable bonds is 3. The lowest BCUT2D eigenvalue weighted by atomic mass is 9.98. The maximum atomic E-state index is 12.9. The van der Waals surface area contributed by atoms with Gasteiger partial charge in [0.25, 0.3) is 0 Å². The van der Waals surface area contributed by atoms with Gasteiger partial charge in [-0.05, 0) is 29.8 Å². The SMILES string of the molecule is O=C(Cc1cc(Cl)ccc1Cl)c1ccccc1C(F)(F)F. The van der Waals surface area contributed by atoms with Gasteiger partial charge in [-0.25, -0.2) is 0 Å². The molecule has 1 nitrogen and oxygen atoms in total. The van der Waals surface area contributed by atoms with E-state index in [2.05, 4.69) is 0 Å². The van der Waals surface area contributed by atoms with Crippen LogP contribution in [0.2, 0.25) is 10.0 Å². The van der Waals surface area contributed by atoms with E-state index in [1.54, 1.807) is 6.07 Å². The van der Waals surface area contributed by atoms with E-state index >= 15 is 0 Å². The van der Waals surface area contributed by atoms with Gasteiger partial charge in [0.05, 0.1) is 5.56 Å². The Morgan fingerprint density at radius 3 is 2.38 bits per heavy atom. The van der Waals surface area contributed by atoms with Gasteiger partial charge in [-0.2, -0.15) is 13.2 Å². The summed E-state index contributed by atoms with van der Waals surface area (Å²) in [6.45, 7) is 0. The molecular formula is C15H9Cl2F3O. The summed E-state index contributed by atoms with van der Waals surface area (Å²) in [6, 6.07) is 9.19. The second-order valence-corrected chi connectivity index (χ2v) is 5.22. The standard InChI is InChI=1S/C15H9Cl2F3O/c16-10-5-6-13(17)9(7-10)8-14(21)11-3-1-2-4-12(11)15(18,19)20/h1-7H,8H2. The zero-order valence-corrected chi connectivity index (χ0v) is 12.1. The van der Waals surface area contributed by atoms with Gasteiger partial charge in [-0.1, -0.05) is 41.4 Å². The van der Waals surface area contributed by atoms with Gasteiger partial charge < -0.3 is 0 Å². The fourth-order valence-corrected chi connectivity index (χ4v) is 2.30. The second-order valence-electron chi connectivity index (χ2n) is 4.38. The van der Waals surface area contributed by atoms with Crippen molar-refractivity contribution in [3.8, 4) is 0 Å². The molecule has 2 aromatic carbocycles. The number of alkyl halides is 3. The molecule has 0 amide bonds. The first-order valence-corrected chi connectivity index (χ1v) is 6.68. The van der Waals surface area contributed by atoms with Gasteiger partial charge in [0.15, 0.2) is 5.78 Å². The van der Waals surface area contributed by atoms with Crippen LogP contribution in [-0.4, -0.2) is 5.78 Å². The number of carbonyl (C=O) groups excluding carboxylic acids is 1. The Morgan fingerprint density at radius 1 is 1.05 bits per heavy atom. The number of hydrogen-bond donors (Lipinski definition) is 0. The zero-order valence-electron chi connectivity index (χ0n) is 10.5. The number of ketones is 1. The maximum absolute atomic E-state index is 12.9. The number of hydrogen-bond acceptors (Lipinski definition) is 1. The monoisotopic (exact) mass is 332 g/mol. The van der Waals surface area contributed by atoms with Gasteiger partial charge in [-0.15, -0.1) is 0 Å². The summed E-state index contributed by atoms with van der Waals surface area (Å²) in [7, 11) is 0. The van der Waals surface area contributed by atoms with Crippen molar-refractivity contribution in [1.82, 2.24) is 0 Å². The highest BCUT2D eigenvalue weighted by Gasteiger charge is 2.34. The van der Waals surface area contributed by atoms with Crippen molar-refractivity contribution in [2.45, 2.75) is 12.6 Å². The number of Topliss-reactive ketones (excluding diaryl/α,β-unsaturated/α-hetero) is 1. The number of benzene rings is 2. The van der Waals surface area contributed by atoms with Crippen LogP contribution in [0.4, 0.5) is 13.2 Å². The van der Waals surface area contributed by atoms with E-state index in [4.69, 9.17) is 23.2 Å². The molecule has 0 aliphatic rings. The molecule has 0 heterocycles. The largest absolute Gasteiger partial charge is 0.417 e. The molecule has 0 atom stereocenters. The third-order valence-electron chi connectivity index (χ3n) is 2.89. The van der Waals surface area contributed by atoms with Crippen LogP contribution in [0, 0.1) is 0 Å². The Kier molecular flexibility index (Phi) is 4.59. The topological polar surface area (TPSA) is 17.1 Å². The van der Waals surface area contributed by atoms with E-state index in [0.717, 1.165) is 12.1 Å². The highest BCUT2D eigenvalue weighted by Crippen LogP contribution is 2.32. The van der Waals surface area contributed by atoms with Gasteiger partial charge in [-0.3, -0.25) is 4.79 Å². The first-order chi connectivity index (χ1) is 9.79. The fraction of sp³-hybridized carbons (Fsp3) is 0.133. The molecule has 0 spiro atoms. The summed E-state index contributed by atoms with van der Waals surface area (Å²) in [5, 5.41) is 0.656. The molecule has 0 aliphatic carbocycles. The Morgan fingerprint density at radius 2 is 1.71 bits per heavy atom. The van der Waals surface area contributed by atoms with E-state index in [0.29, 0.717) is 10.6 Å². The van der Waals surface area contributed by atoms with Crippen LogP contribution in [0.3, 0.4) is 0 Å². The molecule has 21 heavy (non-hydrogen) atoms. The summed E-state index contributed by atoms with van der Waals surface area (Å²) in [4.78, 5) is 12.1. The highest BCUT2D eigenvalue weighted by atomic mass is 35.5. The normalized spacial score (nSPS) is 11.5. The van der Waals surface area contributed by atoms with E-state index in [1.165, 1.54) is 24.3 Å². The molecule has 0 saturated heterocycles. The van der Waals surface area contributed by atoms with Gasteiger partial charge in [0.2, 0.25) is 0 Å². The summed E-state index contributed by atoms with van der Waals surface area (Å²) in [5.41, 5.74) is -0.930. The molecule has 2 aromatic rings. The van der Waals surface area contributed by atoms with Gasteiger partial charge in [0, 0.05) is 22.0 Å². The van der Waals surface area contributed by atoms with Crippen LogP contribution in [0.1, 0.15) is 21.5 Å². The molecule has 0 unspecified atom stereocenters. The molecular weight excluding hydrogens is 324 g/mol. The smallest absolute Gasteiger partial charge is 0.294 e.